The molecular formula is C22H27N3O7S2. The lowest BCUT2D eigenvalue weighted by Crippen LogP contribution is -2.55. The zero-order valence-electron chi connectivity index (χ0n) is 19.3. The van der Waals surface area contributed by atoms with E-state index in [0.29, 0.717) is 12.2 Å². The predicted octanol–water partition coefficient (Wildman–Crippen LogP) is 1.85. The Morgan fingerprint density at radius 3 is 2.00 bits per heavy atom. The van der Waals surface area contributed by atoms with Crippen LogP contribution in [0.1, 0.15) is 33.6 Å². The number of benzene rings is 2. The van der Waals surface area contributed by atoms with E-state index in [0.717, 1.165) is 9.21 Å². The van der Waals surface area contributed by atoms with Crippen LogP contribution in [-0.4, -0.2) is 51.6 Å². The van der Waals surface area contributed by atoms with E-state index in [1.165, 1.54) is 55.6 Å². The van der Waals surface area contributed by atoms with Gasteiger partial charge in [0.1, 0.15) is 11.8 Å². The van der Waals surface area contributed by atoms with Gasteiger partial charge in [-0.25, -0.2) is 26.9 Å². The van der Waals surface area contributed by atoms with E-state index >= 15 is 0 Å². The van der Waals surface area contributed by atoms with Gasteiger partial charge in [-0.3, -0.25) is 9.59 Å². The van der Waals surface area contributed by atoms with Gasteiger partial charge >= 0.3 is 0 Å². The lowest BCUT2D eigenvalue weighted by molar-refractivity contribution is -0.122. The Balaban J connectivity index is 2.04. The topological polar surface area (TPSA) is 144 Å². The molecule has 0 spiro atoms. The second-order valence-electron chi connectivity index (χ2n) is 8.47. The maximum atomic E-state index is 13.7. The summed E-state index contributed by atoms with van der Waals surface area (Å²) in [5.41, 5.74) is -0.867. The number of nitrogens with two attached hydrogens (primary N) is 1. The molecule has 0 aromatic heterocycles. The number of methoxy groups -OCH3 is 1. The average molecular weight is 510 g/mol. The number of rotatable bonds is 8. The molecule has 0 bridgehead atoms. The van der Waals surface area contributed by atoms with Crippen LogP contribution in [0.25, 0.3) is 0 Å². The largest absolute Gasteiger partial charge is 0.497 e. The highest BCUT2D eigenvalue weighted by molar-refractivity contribution is 7.89. The van der Waals surface area contributed by atoms with Crippen molar-refractivity contribution in [3.8, 4) is 5.75 Å². The summed E-state index contributed by atoms with van der Waals surface area (Å²) in [7, 11) is -6.68. The molecule has 1 aliphatic rings. The van der Waals surface area contributed by atoms with Crippen LogP contribution in [-0.2, 0) is 29.6 Å². The maximum Gasteiger partial charge on any atom is 0.252 e. The molecule has 1 heterocycles. The molecule has 1 unspecified atom stereocenters. The van der Waals surface area contributed by atoms with Crippen molar-refractivity contribution in [1.82, 2.24) is 4.31 Å². The molecular weight excluding hydrogens is 482 g/mol. The highest BCUT2D eigenvalue weighted by Crippen LogP contribution is 2.36. The molecule has 1 fully saturated rings. The van der Waals surface area contributed by atoms with Crippen molar-refractivity contribution in [2.24, 2.45) is 5.14 Å². The van der Waals surface area contributed by atoms with Gasteiger partial charge in [0, 0.05) is 5.54 Å². The molecule has 1 atom stereocenters. The van der Waals surface area contributed by atoms with Crippen LogP contribution < -0.4 is 14.8 Å². The Labute approximate surface area is 199 Å². The molecule has 2 amide bonds. The number of ether oxygens (including phenoxy) is 1. The quantitative estimate of drug-likeness (QED) is 0.535. The molecule has 2 aromatic rings. The highest BCUT2D eigenvalue weighted by atomic mass is 32.2. The van der Waals surface area contributed by atoms with Crippen molar-refractivity contribution in [1.29, 1.82) is 0 Å². The molecule has 0 radical (unpaired) electrons. The van der Waals surface area contributed by atoms with Gasteiger partial charge in [-0.1, -0.05) is 6.92 Å². The van der Waals surface area contributed by atoms with Crippen molar-refractivity contribution in [3.05, 3.63) is 48.5 Å². The molecule has 3 rings (SSSR count). The van der Waals surface area contributed by atoms with Gasteiger partial charge < -0.3 is 4.74 Å². The fraction of sp³-hybridized carbons (Fsp3) is 0.364. The number of anilines is 1. The van der Waals surface area contributed by atoms with E-state index in [9.17, 15) is 26.4 Å². The lowest BCUT2D eigenvalue weighted by atomic mass is 10.00. The van der Waals surface area contributed by atoms with Crippen LogP contribution in [0.2, 0.25) is 0 Å². The molecule has 2 aromatic carbocycles. The van der Waals surface area contributed by atoms with Crippen molar-refractivity contribution >= 4 is 37.5 Å². The number of carbonyl (C=O) groups excluding carboxylic acids is 2. The standard InChI is InChI=1S/C22H27N3O7S2/c1-5-22(2,3)25(34(30,31)18-12-8-16(32-4)9-13-18)19-14-20(26)24(21(19)27)15-6-10-17(11-7-15)33(23,28)29/h6-13,19H,5,14H2,1-4H3,(H2,23,28,29). The molecule has 1 aliphatic heterocycles. The lowest BCUT2D eigenvalue weighted by Gasteiger charge is -2.39. The van der Waals surface area contributed by atoms with Crippen LogP contribution in [0.5, 0.6) is 5.75 Å². The van der Waals surface area contributed by atoms with Gasteiger partial charge in [0.2, 0.25) is 26.0 Å². The zero-order chi connectivity index (χ0) is 25.5. The van der Waals surface area contributed by atoms with Gasteiger partial charge in [0.05, 0.1) is 29.0 Å². The number of imide groups is 1. The molecule has 1 saturated heterocycles. The zero-order valence-corrected chi connectivity index (χ0v) is 20.9. The Kier molecular flexibility index (Phi) is 6.91. The number of amides is 2. The van der Waals surface area contributed by atoms with Crippen molar-refractivity contribution in [2.45, 2.75) is 55.0 Å². The first-order chi connectivity index (χ1) is 15.7. The number of nitrogens with zero attached hydrogens (tertiary/aromatic N) is 2. The summed E-state index contributed by atoms with van der Waals surface area (Å²) in [6, 6.07) is 9.44. The third-order valence-corrected chi connectivity index (χ3v) is 8.97. The Bertz CT molecular complexity index is 1300. The van der Waals surface area contributed by atoms with Gasteiger partial charge in [-0.05, 0) is 68.8 Å². The Hall–Kier alpha value is -2.80. The highest BCUT2D eigenvalue weighted by Gasteiger charge is 2.51. The first-order valence-corrected chi connectivity index (χ1v) is 13.4. The number of carbonyl (C=O) groups is 2. The molecule has 34 heavy (non-hydrogen) atoms. The van der Waals surface area contributed by atoms with Crippen LogP contribution in [0.4, 0.5) is 5.69 Å². The predicted molar refractivity (Wildman–Crippen MR) is 125 cm³/mol. The second kappa shape index (κ2) is 9.10. The van der Waals surface area contributed by atoms with E-state index in [1.807, 2.05) is 0 Å². The van der Waals surface area contributed by atoms with Crippen LogP contribution in [0, 0.1) is 0 Å². The minimum atomic E-state index is -4.19. The number of primary sulfonamides is 1. The summed E-state index contributed by atoms with van der Waals surface area (Å²) >= 11 is 0. The molecule has 184 valence electrons. The second-order valence-corrected chi connectivity index (χ2v) is 11.8. The van der Waals surface area contributed by atoms with E-state index in [-0.39, 0.29) is 21.9 Å². The first-order valence-electron chi connectivity index (χ1n) is 10.4. The number of hydrogen-bond acceptors (Lipinski definition) is 7. The van der Waals surface area contributed by atoms with Crippen molar-refractivity contribution < 1.29 is 31.2 Å². The van der Waals surface area contributed by atoms with Crippen LogP contribution in [0.15, 0.2) is 58.3 Å². The molecule has 12 heteroatoms. The molecule has 10 nitrogen and oxygen atoms in total. The number of sulfonamides is 2. The summed E-state index contributed by atoms with van der Waals surface area (Å²) in [4.78, 5) is 26.9. The monoisotopic (exact) mass is 509 g/mol. The van der Waals surface area contributed by atoms with E-state index in [1.54, 1.807) is 20.8 Å². The summed E-state index contributed by atoms with van der Waals surface area (Å²) in [6.45, 7) is 5.17. The van der Waals surface area contributed by atoms with E-state index in [4.69, 9.17) is 9.88 Å². The number of hydrogen-bond donors (Lipinski definition) is 1. The fourth-order valence-corrected chi connectivity index (χ4v) is 6.29. The minimum Gasteiger partial charge on any atom is -0.497 e. The van der Waals surface area contributed by atoms with Crippen LogP contribution in [0.3, 0.4) is 0 Å². The van der Waals surface area contributed by atoms with Gasteiger partial charge in [0.25, 0.3) is 5.91 Å². The SMILES string of the molecule is CCC(C)(C)N(C1CC(=O)N(c2ccc(S(N)(=O)=O)cc2)C1=O)S(=O)(=O)c1ccc(OC)cc1. The van der Waals surface area contributed by atoms with E-state index < -0.39 is 43.4 Å². The van der Waals surface area contributed by atoms with Gasteiger partial charge in [-0.15, -0.1) is 0 Å². The maximum absolute atomic E-state index is 13.7. The minimum absolute atomic E-state index is 0.0361. The Morgan fingerprint density at radius 1 is 1.00 bits per heavy atom. The molecule has 2 N–H and O–H groups in total. The fourth-order valence-electron chi connectivity index (χ4n) is 3.79. The summed E-state index contributed by atoms with van der Waals surface area (Å²) in [6.07, 6.45) is 0.0258. The van der Waals surface area contributed by atoms with Gasteiger partial charge in [-0.2, -0.15) is 4.31 Å². The molecule has 0 saturated carbocycles. The molecule has 0 aliphatic carbocycles. The normalized spacial score (nSPS) is 17.5. The third kappa shape index (κ3) is 4.71. The summed E-state index contributed by atoms with van der Waals surface area (Å²) < 4.78 is 56.6. The summed E-state index contributed by atoms with van der Waals surface area (Å²) in [5.74, 6) is -0.839. The average Bonchev–Trinajstić information content (AvgIpc) is 3.06. The van der Waals surface area contributed by atoms with Crippen molar-refractivity contribution in [3.63, 3.8) is 0 Å². The van der Waals surface area contributed by atoms with Crippen LogP contribution >= 0.6 is 0 Å². The summed E-state index contributed by atoms with van der Waals surface area (Å²) in [5, 5.41) is 5.10. The Morgan fingerprint density at radius 2 is 1.53 bits per heavy atom. The van der Waals surface area contributed by atoms with E-state index in [2.05, 4.69) is 0 Å². The van der Waals surface area contributed by atoms with Gasteiger partial charge in [0.15, 0.2) is 0 Å². The third-order valence-electron chi connectivity index (χ3n) is 5.91. The first kappa shape index (κ1) is 25.8. The smallest absolute Gasteiger partial charge is 0.252 e. The van der Waals surface area contributed by atoms with Crippen molar-refractivity contribution in [2.75, 3.05) is 12.0 Å².